The molecule has 0 atom stereocenters. The fourth-order valence-corrected chi connectivity index (χ4v) is 2.49. The molecule has 7 heteroatoms. The summed E-state index contributed by atoms with van der Waals surface area (Å²) >= 11 is 11.7. The van der Waals surface area contributed by atoms with Gasteiger partial charge in [0.05, 0.1) is 16.7 Å². The highest BCUT2D eigenvalue weighted by Crippen LogP contribution is 2.33. The summed E-state index contributed by atoms with van der Waals surface area (Å²) in [5, 5.41) is 21.5. The number of hydrogen-bond acceptors (Lipinski definition) is 4. The van der Waals surface area contributed by atoms with E-state index in [0.717, 1.165) is 0 Å². The van der Waals surface area contributed by atoms with E-state index in [9.17, 15) is 15.2 Å². The summed E-state index contributed by atoms with van der Waals surface area (Å²) in [4.78, 5) is 12.2. The second kappa shape index (κ2) is 8.43. The average molecular weight is 377 g/mol. The van der Waals surface area contributed by atoms with E-state index >= 15 is 0 Å². The number of hydrogen-bond donors (Lipinski definition) is 2. The van der Waals surface area contributed by atoms with E-state index in [1.165, 1.54) is 18.2 Å². The highest BCUT2D eigenvalue weighted by Gasteiger charge is 2.12. The third-order valence-corrected chi connectivity index (χ3v) is 3.71. The van der Waals surface area contributed by atoms with Crippen molar-refractivity contribution in [1.29, 1.82) is 5.26 Å². The summed E-state index contributed by atoms with van der Waals surface area (Å²) in [6.07, 6.45) is 1.33. The lowest BCUT2D eigenvalue weighted by atomic mass is 10.1. The molecule has 2 aromatic rings. The first-order valence-corrected chi connectivity index (χ1v) is 8.04. The predicted octanol–water partition coefficient (Wildman–Crippen LogP) is 4.64. The number of phenols is 1. The van der Waals surface area contributed by atoms with Gasteiger partial charge in [-0.3, -0.25) is 4.79 Å². The number of ether oxygens (including phenoxy) is 1. The van der Waals surface area contributed by atoms with E-state index in [-0.39, 0.29) is 21.4 Å². The molecule has 1 amide bonds. The number of carbonyl (C=O) groups is 1. The molecule has 2 aromatic carbocycles. The topological polar surface area (TPSA) is 82.3 Å². The highest BCUT2D eigenvalue weighted by molar-refractivity contribution is 6.37. The van der Waals surface area contributed by atoms with Gasteiger partial charge in [-0.25, -0.2) is 0 Å². The summed E-state index contributed by atoms with van der Waals surface area (Å²) in [6.45, 7) is 2.42. The maximum Gasteiger partial charge on any atom is 0.266 e. The van der Waals surface area contributed by atoms with Crippen LogP contribution < -0.4 is 10.1 Å². The van der Waals surface area contributed by atoms with Crippen LogP contribution in [-0.4, -0.2) is 17.6 Å². The van der Waals surface area contributed by atoms with Crippen molar-refractivity contribution in [2.75, 3.05) is 11.9 Å². The van der Waals surface area contributed by atoms with Crippen LogP contribution in [0.1, 0.15) is 12.5 Å². The fraction of sp³-hybridized carbons (Fsp3) is 0.111. The number of carbonyl (C=O) groups excluding carboxylic acids is 1. The lowest BCUT2D eigenvalue weighted by Gasteiger charge is -2.07. The van der Waals surface area contributed by atoms with Gasteiger partial charge in [-0.15, -0.1) is 0 Å². The van der Waals surface area contributed by atoms with Gasteiger partial charge in [-0.2, -0.15) is 5.26 Å². The van der Waals surface area contributed by atoms with Crippen LogP contribution in [0.15, 0.2) is 42.0 Å². The molecule has 0 aromatic heterocycles. The number of nitrogens with one attached hydrogen (secondary N) is 1. The molecule has 0 heterocycles. The number of amides is 1. The lowest BCUT2D eigenvalue weighted by Crippen LogP contribution is -2.13. The molecule has 0 saturated carbocycles. The Kier molecular flexibility index (Phi) is 6.29. The molecule has 0 aliphatic rings. The van der Waals surface area contributed by atoms with E-state index in [2.05, 4.69) is 5.32 Å². The maximum atomic E-state index is 12.2. The molecule has 2 rings (SSSR count). The van der Waals surface area contributed by atoms with Crippen LogP contribution in [0.2, 0.25) is 10.0 Å². The monoisotopic (exact) mass is 376 g/mol. The van der Waals surface area contributed by atoms with Crippen LogP contribution in [-0.2, 0) is 4.79 Å². The molecule has 0 radical (unpaired) electrons. The number of rotatable bonds is 5. The van der Waals surface area contributed by atoms with Gasteiger partial charge in [0.15, 0.2) is 5.75 Å². The van der Waals surface area contributed by atoms with Crippen LogP contribution in [0.4, 0.5) is 5.69 Å². The summed E-state index contributed by atoms with van der Waals surface area (Å²) in [5.74, 6) is -0.144. The molecule has 2 N–H and O–H groups in total. The Labute approximate surface area is 155 Å². The SMILES string of the molecule is CCOc1ccc(NC(=O)/C(C#N)=C\c2cc(Cl)c(O)c(Cl)c2)cc1. The van der Waals surface area contributed by atoms with Gasteiger partial charge < -0.3 is 15.2 Å². The maximum absolute atomic E-state index is 12.2. The van der Waals surface area contributed by atoms with E-state index in [1.54, 1.807) is 24.3 Å². The third-order valence-electron chi connectivity index (χ3n) is 3.14. The Balaban J connectivity index is 2.19. The summed E-state index contributed by atoms with van der Waals surface area (Å²) in [5.41, 5.74) is 0.814. The first-order valence-electron chi connectivity index (χ1n) is 7.28. The normalized spacial score (nSPS) is 10.9. The van der Waals surface area contributed by atoms with Crippen LogP contribution >= 0.6 is 23.2 Å². The van der Waals surface area contributed by atoms with Crippen molar-refractivity contribution in [2.45, 2.75) is 6.92 Å². The number of halogens is 2. The van der Waals surface area contributed by atoms with Gasteiger partial charge in [-0.05, 0) is 55.0 Å². The summed E-state index contributed by atoms with van der Waals surface area (Å²) < 4.78 is 5.32. The minimum atomic E-state index is -0.577. The van der Waals surface area contributed by atoms with Crippen LogP contribution in [0, 0.1) is 11.3 Å². The average Bonchev–Trinajstić information content (AvgIpc) is 2.59. The molecule has 0 aliphatic carbocycles. The minimum absolute atomic E-state index is 0.0305. The smallest absolute Gasteiger partial charge is 0.266 e. The van der Waals surface area contributed by atoms with Crippen LogP contribution in [0.5, 0.6) is 11.5 Å². The minimum Gasteiger partial charge on any atom is -0.505 e. The van der Waals surface area contributed by atoms with Gasteiger partial charge in [0, 0.05) is 5.69 Å². The number of aromatic hydroxyl groups is 1. The van der Waals surface area contributed by atoms with Gasteiger partial charge >= 0.3 is 0 Å². The van der Waals surface area contributed by atoms with Crippen molar-refractivity contribution in [2.24, 2.45) is 0 Å². The molecular weight excluding hydrogens is 363 g/mol. The number of nitrogens with zero attached hydrogens (tertiary/aromatic N) is 1. The molecule has 0 bridgehead atoms. The molecule has 0 unspecified atom stereocenters. The molecule has 5 nitrogen and oxygen atoms in total. The van der Waals surface area contributed by atoms with E-state index in [1.807, 2.05) is 13.0 Å². The second-order valence-electron chi connectivity index (χ2n) is 4.91. The standard InChI is InChI=1S/C18H14Cl2N2O3/c1-2-25-14-5-3-13(4-6-14)22-18(24)12(10-21)7-11-8-15(19)17(23)16(20)9-11/h3-9,23H,2H2,1H3,(H,22,24)/b12-7-. The predicted molar refractivity (Wildman–Crippen MR) is 98.0 cm³/mol. The molecule has 25 heavy (non-hydrogen) atoms. The quantitative estimate of drug-likeness (QED) is 0.587. The van der Waals surface area contributed by atoms with Crippen LogP contribution in [0.3, 0.4) is 0 Å². The van der Waals surface area contributed by atoms with Gasteiger partial charge in [0.2, 0.25) is 0 Å². The number of nitriles is 1. The molecule has 0 aliphatic heterocycles. The zero-order valence-corrected chi connectivity index (χ0v) is 14.7. The Morgan fingerprint density at radius 1 is 1.28 bits per heavy atom. The first-order chi connectivity index (χ1) is 11.9. The molecule has 0 spiro atoms. The Bertz CT molecular complexity index is 833. The van der Waals surface area contributed by atoms with Gasteiger partial charge in [0.25, 0.3) is 5.91 Å². The second-order valence-corrected chi connectivity index (χ2v) is 5.73. The van der Waals surface area contributed by atoms with Gasteiger partial charge in [0.1, 0.15) is 17.4 Å². The van der Waals surface area contributed by atoms with E-state index < -0.39 is 5.91 Å². The Morgan fingerprint density at radius 3 is 2.40 bits per heavy atom. The van der Waals surface area contributed by atoms with E-state index in [4.69, 9.17) is 27.9 Å². The highest BCUT2D eigenvalue weighted by atomic mass is 35.5. The number of anilines is 1. The van der Waals surface area contributed by atoms with Gasteiger partial charge in [-0.1, -0.05) is 23.2 Å². The zero-order chi connectivity index (χ0) is 18.4. The third kappa shape index (κ3) is 4.90. The first kappa shape index (κ1) is 18.7. The molecule has 128 valence electrons. The van der Waals surface area contributed by atoms with Crippen molar-refractivity contribution < 1.29 is 14.6 Å². The molecule has 0 fully saturated rings. The number of phenolic OH excluding ortho intramolecular Hbond substituents is 1. The zero-order valence-electron chi connectivity index (χ0n) is 13.2. The van der Waals surface area contributed by atoms with Crippen molar-refractivity contribution in [1.82, 2.24) is 0 Å². The van der Waals surface area contributed by atoms with Crippen molar-refractivity contribution in [3.8, 4) is 17.6 Å². The Hall–Kier alpha value is -2.68. The van der Waals surface area contributed by atoms with Crippen molar-refractivity contribution in [3.63, 3.8) is 0 Å². The van der Waals surface area contributed by atoms with Crippen molar-refractivity contribution in [3.05, 3.63) is 57.6 Å². The van der Waals surface area contributed by atoms with E-state index in [0.29, 0.717) is 23.6 Å². The molecule has 0 saturated heterocycles. The summed E-state index contributed by atoms with van der Waals surface area (Å²) in [6, 6.07) is 11.4. The van der Waals surface area contributed by atoms with Crippen molar-refractivity contribution >= 4 is 40.9 Å². The largest absolute Gasteiger partial charge is 0.505 e. The fourth-order valence-electron chi connectivity index (χ4n) is 1.98. The lowest BCUT2D eigenvalue weighted by molar-refractivity contribution is -0.112. The number of benzene rings is 2. The summed E-state index contributed by atoms with van der Waals surface area (Å²) in [7, 11) is 0. The Morgan fingerprint density at radius 2 is 1.88 bits per heavy atom. The molecular formula is C18H14Cl2N2O3. The van der Waals surface area contributed by atoms with Crippen LogP contribution in [0.25, 0.3) is 6.08 Å².